The van der Waals surface area contributed by atoms with Gasteiger partial charge in [0.1, 0.15) is 0 Å². The van der Waals surface area contributed by atoms with Crippen molar-refractivity contribution < 1.29 is 14.3 Å². The Balaban J connectivity index is 2.14. The first-order valence-corrected chi connectivity index (χ1v) is 9.71. The second-order valence-electron chi connectivity index (χ2n) is 5.89. The number of amides is 1. The minimum atomic E-state index is -0.536. The highest BCUT2D eigenvalue weighted by atomic mass is 35.5. The molecule has 142 valence electrons. The second kappa shape index (κ2) is 8.95. The van der Waals surface area contributed by atoms with Crippen LogP contribution in [0.5, 0.6) is 0 Å². The van der Waals surface area contributed by atoms with Crippen LogP contribution in [0.4, 0.5) is 11.4 Å². The van der Waals surface area contributed by atoms with Gasteiger partial charge in [-0.1, -0.05) is 53.7 Å². The number of benzene rings is 3. The first-order chi connectivity index (χ1) is 13.5. The molecule has 0 aliphatic carbocycles. The lowest BCUT2D eigenvalue weighted by molar-refractivity contribution is -0.115. The van der Waals surface area contributed by atoms with E-state index in [1.807, 2.05) is 54.6 Å². The van der Waals surface area contributed by atoms with E-state index in [4.69, 9.17) is 16.3 Å². The van der Waals surface area contributed by atoms with Crippen molar-refractivity contribution in [3.05, 3.63) is 83.4 Å². The van der Waals surface area contributed by atoms with Crippen LogP contribution in [0.1, 0.15) is 17.3 Å². The highest BCUT2D eigenvalue weighted by Crippen LogP contribution is 2.40. The average molecular weight is 412 g/mol. The molecular formula is C22H18ClNO3S. The van der Waals surface area contributed by atoms with Crippen molar-refractivity contribution in [2.24, 2.45) is 0 Å². The average Bonchev–Trinajstić information content (AvgIpc) is 2.69. The fourth-order valence-electron chi connectivity index (χ4n) is 2.79. The van der Waals surface area contributed by atoms with Crippen LogP contribution in [-0.4, -0.2) is 19.0 Å². The Morgan fingerprint density at radius 1 is 0.929 bits per heavy atom. The lowest BCUT2D eigenvalue weighted by Gasteiger charge is -2.25. The molecule has 0 spiro atoms. The number of hydrogen-bond donors (Lipinski definition) is 0. The van der Waals surface area contributed by atoms with Gasteiger partial charge in [0.05, 0.1) is 24.0 Å². The SMILES string of the molecule is COC(=O)c1ccc(Cl)cc1N(C(C)=O)c1ccccc1Sc1ccccc1. The molecule has 0 aliphatic rings. The molecule has 0 aliphatic heterocycles. The van der Waals surface area contributed by atoms with Gasteiger partial charge in [0, 0.05) is 21.7 Å². The van der Waals surface area contributed by atoms with E-state index in [1.165, 1.54) is 30.7 Å². The third-order valence-electron chi connectivity index (χ3n) is 4.00. The van der Waals surface area contributed by atoms with E-state index in [0.29, 0.717) is 16.4 Å². The smallest absolute Gasteiger partial charge is 0.339 e. The molecule has 0 saturated carbocycles. The molecule has 3 rings (SSSR count). The fourth-order valence-corrected chi connectivity index (χ4v) is 3.91. The summed E-state index contributed by atoms with van der Waals surface area (Å²) in [5, 5.41) is 0.419. The highest BCUT2D eigenvalue weighted by molar-refractivity contribution is 7.99. The molecule has 0 radical (unpaired) electrons. The number of para-hydroxylation sites is 1. The molecule has 0 unspecified atom stereocenters. The predicted molar refractivity (Wildman–Crippen MR) is 113 cm³/mol. The number of methoxy groups -OCH3 is 1. The van der Waals surface area contributed by atoms with Gasteiger partial charge < -0.3 is 4.74 Å². The molecule has 0 atom stereocenters. The molecule has 0 fully saturated rings. The maximum atomic E-state index is 12.6. The lowest BCUT2D eigenvalue weighted by Crippen LogP contribution is -2.25. The maximum absolute atomic E-state index is 12.6. The summed E-state index contributed by atoms with van der Waals surface area (Å²) < 4.78 is 4.88. The molecule has 1 amide bonds. The van der Waals surface area contributed by atoms with Crippen LogP contribution in [0.25, 0.3) is 0 Å². The van der Waals surface area contributed by atoms with Gasteiger partial charge in [-0.25, -0.2) is 4.79 Å². The molecular weight excluding hydrogens is 394 g/mol. The Kier molecular flexibility index (Phi) is 6.39. The van der Waals surface area contributed by atoms with E-state index in [0.717, 1.165) is 9.79 Å². The van der Waals surface area contributed by atoms with Gasteiger partial charge in [-0.2, -0.15) is 0 Å². The molecule has 0 heterocycles. The maximum Gasteiger partial charge on any atom is 0.339 e. The van der Waals surface area contributed by atoms with E-state index in [2.05, 4.69) is 0 Å². The van der Waals surface area contributed by atoms with Crippen molar-refractivity contribution in [2.45, 2.75) is 16.7 Å². The van der Waals surface area contributed by atoms with Gasteiger partial charge in [-0.05, 0) is 42.5 Å². The third kappa shape index (κ3) is 4.38. The molecule has 3 aromatic carbocycles. The standard InChI is InChI=1S/C22H18ClNO3S/c1-15(25)24(20-14-16(23)12-13-18(20)22(26)27-2)19-10-6-7-11-21(19)28-17-8-4-3-5-9-17/h3-14H,1-2H3. The number of ether oxygens (including phenoxy) is 1. The van der Waals surface area contributed by atoms with E-state index in [1.54, 1.807) is 18.2 Å². The zero-order chi connectivity index (χ0) is 20.1. The van der Waals surface area contributed by atoms with E-state index < -0.39 is 5.97 Å². The van der Waals surface area contributed by atoms with Crippen LogP contribution in [0, 0.1) is 0 Å². The number of carbonyl (C=O) groups is 2. The van der Waals surface area contributed by atoms with Crippen molar-refractivity contribution in [1.82, 2.24) is 0 Å². The molecule has 0 bridgehead atoms. The van der Waals surface area contributed by atoms with Crippen LogP contribution in [0.3, 0.4) is 0 Å². The summed E-state index contributed by atoms with van der Waals surface area (Å²) >= 11 is 7.71. The molecule has 6 heteroatoms. The van der Waals surface area contributed by atoms with Gasteiger partial charge >= 0.3 is 5.97 Å². The summed E-state index contributed by atoms with van der Waals surface area (Å²) in [6.45, 7) is 1.45. The minimum Gasteiger partial charge on any atom is -0.465 e. The van der Waals surface area contributed by atoms with E-state index >= 15 is 0 Å². The molecule has 0 saturated heterocycles. The second-order valence-corrected chi connectivity index (χ2v) is 7.44. The fraction of sp³-hybridized carbons (Fsp3) is 0.0909. The summed E-state index contributed by atoms with van der Waals surface area (Å²) in [6.07, 6.45) is 0. The third-order valence-corrected chi connectivity index (χ3v) is 5.31. The number of hydrogen-bond acceptors (Lipinski definition) is 4. The number of anilines is 2. The number of nitrogens with zero attached hydrogens (tertiary/aromatic N) is 1. The van der Waals surface area contributed by atoms with Crippen molar-refractivity contribution >= 4 is 46.6 Å². The summed E-state index contributed by atoms with van der Waals surface area (Å²) in [5.74, 6) is -0.778. The minimum absolute atomic E-state index is 0.242. The molecule has 0 N–H and O–H groups in total. The normalized spacial score (nSPS) is 10.4. The van der Waals surface area contributed by atoms with Crippen molar-refractivity contribution in [2.75, 3.05) is 12.0 Å². The monoisotopic (exact) mass is 411 g/mol. The van der Waals surface area contributed by atoms with E-state index in [9.17, 15) is 9.59 Å². The van der Waals surface area contributed by atoms with Crippen LogP contribution < -0.4 is 4.90 Å². The first-order valence-electron chi connectivity index (χ1n) is 8.51. The van der Waals surface area contributed by atoms with Crippen molar-refractivity contribution in [3.63, 3.8) is 0 Å². The molecule has 4 nitrogen and oxygen atoms in total. The van der Waals surface area contributed by atoms with Crippen LogP contribution in [0.15, 0.2) is 82.6 Å². The highest BCUT2D eigenvalue weighted by Gasteiger charge is 2.24. The van der Waals surface area contributed by atoms with Gasteiger partial charge in [-0.15, -0.1) is 0 Å². The predicted octanol–water partition coefficient (Wildman–Crippen LogP) is 5.96. The molecule has 0 aromatic heterocycles. The van der Waals surface area contributed by atoms with E-state index in [-0.39, 0.29) is 11.5 Å². The van der Waals surface area contributed by atoms with Crippen LogP contribution in [-0.2, 0) is 9.53 Å². The largest absolute Gasteiger partial charge is 0.465 e. The van der Waals surface area contributed by atoms with Gasteiger partial charge in [-0.3, -0.25) is 9.69 Å². The number of rotatable bonds is 5. The topological polar surface area (TPSA) is 46.6 Å². The summed E-state index contributed by atoms with van der Waals surface area (Å²) in [7, 11) is 1.30. The Bertz CT molecular complexity index is 1010. The Morgan fingerprint density at radius 3 is 2.29 bits per heavy atom. The van der Waals surface area contributed by atoms with Gasteiger partial charge in [0.2, 0.25) is 5.91 Å². The molecule has 28 heavy (non-hydrogen) atoms. The van der Waals surface area contributed by atoms with Crippen LogP contribution in [0.2, 0.25) is 5.02 Å². The quantitative estimate of drug-likeness (QED) is 0.486. The zero-order valence-corrected chi connectivity index (χ0v) is 17.0. The Labute approximate surface area is 173 Å². The number of esters is 1. The Morgan fingerprint density at radius 2 is 1.61 bits per heavy atom. The Hall–Kier alpha value is -2.76. The summed E-state index contributed by atoms with van der Waals surface area (Å²) in [5.41, 5.74) is 1.31. The number of halogens is 1. The number of carbonyl (C=O) groups excluding carboxylic acids is 2. The van der Waals surface area contributed by atoms with Crippen LogP contribution >= 0.6 is 23.4 Å². The summed E-state index contributed by atoms with van der Waals surface area (Å²) in [4.78, 5) is 28.3. The van der Waals surface area contributed by atoms with Gasteiger partial charge in [0.15, 0.2) is 0 Å². The lowest BCUT2D eigenvalue weighted by atomic mass is 10.1. The van der Waals surface area contributed by atoms with Crippen molar-refractivity contribution in [3.8, 4) is 0 Å². The summed E-state index contributed by atoms with van der Waals surface area (Å²) in [6, 6.07) is 22.2. The first kappa shape index (κ1) is 20.0. The molecule has 3 aromatic rings. The zero-order valence-electron chi connectivity index (χ0n) is 15.4. The van der Waals surface area contributed by atoms with Crippen molar-refractivity contribution in [1.29, 1.82) is 0 Å². The van der Waals surface area contributed by atoms with Gasteiger partial charge in [0.25, 0.3) is 0 Å².